The third-order valence-corrected chi connectivity index (χ3v) is 3.10. The highest BCUT2D eigenvalue weighted by Gasteiger charge is 2.23. The zero-order chi connectivity index (χ0) is 13.5. The van der Waals surface area contributed by atoms with E-state index in [1.165, 1.54) is 6.42 Å². The van der Waals surface area contributed by atoms with Crippen LogP contribution in [-0.2, 0) is 4.79 Å². The van der Waals surface area contributed by atoms with Crippen LogP contribution in [0.2, 0.25) is 0 Å². The van der Waals surface area contributed by atoms with Crippen LogP contribution in [0.4, 0.5) is 4.79 Å². The Morgan fingerprint density at radius 3 is 2.39 bits per heavy atom. The smallest absolute Gasteiger partial charge is 0.321 e. The van der Waals surface area contributed by atoms with Gasteiger partial charge in [0.05, 0.1) is 6.54 Å². The van der Waals surface area contributed by atoms with Gasteiger partial charge in [-0.2, -0.15) is 0 Å². The van der Waals surface area contributed by atoms with Crippen molar-refractivity contribution in [2.75, 3.05) is 26.2 Å². The van der Waals surface area contributed by atoms with Crippen molar-refractivity contribution in [2.24, 2.45) is 11.8 Å². The lowest BCUT2D eigenvalue weighted by atomic mass is 9.92. The van der Waals surface area contributed by atoms with Gasteiger partial charge in [-0.1, -0.05) is 20.8 Å². The van der Waals surface area contributed by atoms with E-state index in [1.807, 2.05) is 6.92 Å². The first-order valence-corrected chi connectivity index (χ1v) is 6.81. The number of carbonyl (C=O) groups excluding carboxylic acids is 2. The van der Waals surface area contributed by atoms with Crippen molar-refractivity contribution in [3.05, 3.63) is 0 Å². The lowest BCUT2D eigenvalue weighted by molar-refractivity contribution is -0.121. The zero-order valence-electron chi connectivity index (χ0n) is 11.7. The van der Waals surface area contributed by atoms with Crippen LogP contribution < -0.4 is 10.6 Å². The van der Waals surface area contributed by atoms with Gasteiger partial charge in [-0.25, -0.2) is 4.79 Å². The molecule has 3 amide bonds. The molecule has 0 bridgehead atoms. The highest BCUT2D eigenvalue weighted by molar-refractivity contribution is 5.95. The first-order chi connectivity index (χ1) is 8.51. The molecule has 0 aromatic rings. The molecule has 2 atom stereocenters. The third-order valence-electron chi connectivity index (χ3n) is 3.10. The van der Waals surface area contributed by atoms with E-state index < -0.39 is 0 Å². The fourth-order valence-electron chi connectivity index (χ4n) is 2.57. The van der Waals surface area contributed by atoms with E-state index in [-0.39, 0.29) is 11.9 Å². The number of piperidine rings is 1. The highest BCUT2D eigenvalue weighted by Crippen LogP contribution is 2.20. The van der Waals surface area contributed by atoms with Crippen LogP contribution in [0, 0.1) is 11.8 Å². The molecule has 1 aliphatic heterocycles. The standard InChI is InChI=1S/C13H25N3O2/c1-4-5-14-13(18)15-12(17)9-16-7-10(2)6-11(3)8-16/h10-11H,4-9H2,1-3H3,(H2,14,15,17,18). The molecule has 1 saturated heterocycles. The van der Waals surface area contributed by atoms with Crippen molar-refractivity contribution in [1.82, 2.24) is 15.5 Å². The predicted molar refractivity (Wildman–Crippen MR) is 71.2 cm³/mol. The van der Waals surface area contributed by atoms with E-state index in [4.69, 9.17) is 0 Å². The molecule has 1 rings (SSSR count). The lowest BCUT2D eigenvalue weighted by Crippen LogP contribution is -2.48. The summed E-state index contributed by atoms with van der Waals surface area (Å²) >= 11 is 0. The first kappa shape index (κ1) is 15.0. The number of hydrogen-bond acceptors (Lipinski definition) is 3. The summed E-state index contributed by atoms with van der Waals surface area (Å²) in [6.07, 6.45) is 2.08. The number of rotatable bonds is 4. The number of likely N-dealkylation sites (tertiary alicyclic amines) is 1. The zero-order valence-corrected chi connectivity index (χ0v) is 11.7. The number of urea groups is 1. The average molecular weight is 255 g/mol. The normalized spacial score (nSPS) is 24.6. The van der Waals surface area contributed by atoms with E-state index in [0.717, 1.165) is 19.5 Å². The Morgan fingerprint density at radius 1 is 1.22 bits per heavy atom. The summed E-state index contributed by atoms with van der Waals surface area (Å²) in [5.41, 5.74) is 0. The van der Waals surface area contributed by atoms with Crippen LogP contribution in [0.25, 0.3) is 0 Å². The Balaban J connectivity index is 2.29. The van der Waals surface area contributed by atoms with Crippen LogP contribution in [0.1, 0.15) is 33.6 Å². The van der Waals surface area contributed by atoms with Gasteiger partial charge in [0.2, 0.25) is 5.91 Å². The predicted octanol–water partition coefficient (Wildman–Crippen LogP) is 1.20. The van der Waals surface area contributed by atoms with Crippen molar-refractivity contribution < 1.29 is 9.59 Å². The Bertz CT molecular complexity index is 284. The maximum absolute atomic E-state index is 11.7. The molecule has 0 spiro atoms. The number of imide groups is 1. The van der Waals surface area contributed by atoms with Crippen molar-refractivity contribution >= 4 is 11.9 Å². The van der Waals surface area contributed by atoms with Gasteiger partial charge in [0, 0.05) is 19.6 Å². The van der Waals surface area contributed by atoms with Gasteiger partial charge in [0.25, 0.3) is 0 Å². The number of carbonyl (C=O) groups is 2. The third kappa shape index (κ3) is 5.49. The summed E-state index contributed by atoms with van der Waals surface area (Å²) in [4.78, 5) is 25.1. The van der Waals surface area contributed by atoms with Gasteiger partial charge < -0.3 is 5.32 Å². The molecule has 2 unspecified atom stereocenters. The molecule has 1 aliphatic rings. The minimum Gasteiger partial charge on any atom is -0.338 e. The molecule has 0 aromatic carbocycles. The van der Waals surface area contributed by atoms with Crippen LogP contribution in [0.5, 0.6) is 0 Å². The SMILES string of the molecule is CCCNC(=O)NC(=O)CN1CC(C)CC(C)C1. The molecule has 1 fully saturated rings. The van der Waals surface area contributed by atoms with Crippen molar-refractivity contribution in [3.63, 3.8) is 0 Å². The summed E-state index contributed by atoms with van der Waals surface area (Å²) < 4.78 is 0. The van der Waals surface area contributed by atoms with Crippen LogP contribution in [0.15, 0.2) is 0 Å². The van der Waals surface area contributed by atoms with Crippen LogP contribution in [0.3, 0.4) is 0 Å². The second kappa shape index (κ2) is 7.36. The highest BCUT2D eigenvalue weighted by atomic mass is 16.2. The fourth-order valence-corrected chi connectivity index (χ4v) is 2.57. The molecular formula is C13H25N3O2. The van der Waals surface area contributed by atoms with E-state index in [0.29, 0.717) is 24.9 Å². The van der Waals surface area contributed by atoms with E-state index in [9.17, 15) is 9.59 Å². The Hall–Kier alpha value is -1.10. The summed E-state index contributed by atoms with van der Waals surface area (Å²) in [7, 11) is 0. The topological polar surface area (TPSA) is 61.4 Å². The Kier molecular flexibility index (Phi) is 6.12. The minimum atomic E-state index is -0.389. The summed E-state index contributed by atoms with van der Waals surface area (Å²) in [5, 5.41) is 4.99. The van der Waals surface area contributed by atoms with Gasteiger partial charge in [-0.15, -0.1) is 0 Å². The molecule has 104 valence electrons. The van der Waals surface area contributed by atoms with Gasteiger partial charge in [-0.05, 0) is 24.7 Å². The molecule has 0 radical (unpaired) electrons. The number of nitrogens with zero attached hydrogens (tertiary/aromatic N) is 1. The maximum Gasteiger partial charge on any atom is 0.321 e. The van der Waals surface area contributed by atoms with Crippen molar-refractivity contribution in [2.45, 2.75) is 33.6 Å². The van der Waals surface area contributed by atoms with Gasteiger partial charge in [-0.3, -0.25) is 15.0 Å². The maximum atomic E-state index is 11.7. The molecule has 1 heterocycles. The lowest BCUT2D eigenvalue weighted by Gasteiger charge is -2.34. The van der Waals surface area contributed by atoms with Crippen LogP contribution >= 0.6 is 0 Å². The van der Waals surface area contributed by atoms with Gasteiger partial charge in [0.1, 0.15) is 0 Å². The Morgan fingerprint density at radius 2 is 1.83 bits per heavy atom. The van der Waals surface area contributed by atoms with Crippen molar-refractivity contribution in [1.29, 1.82) is 0 Å². The molecule has 0 saturated carbocycles. The number of amides is 3. The molecule has 5 nitrogen and oxygen atoms in total. The van der Waals surface area contributed by atoms with Gasteiger partial charge in [0.15, 0.2) is 0 Å². The number of hydrogen-bond donors (Lipinski definition) is 2. The molecule has 2 N–H and O–H groups in total. The molecule has 0 aliphatic carbocycles. The van der Waals surface area contributed by atoms with Crippen LogP contribution in [-0.4, -0.2) is 43.0 Å². The summed E-state index contributed by atoms with van der Waals surface area (Å²) in [6, 6.07) is -0.389. The van der Waals surface area contributed by atoms with E-state index >= 15 is 0 Å². The second-order valence-corrected chi connectivity index (χ2v) is 5.44. The monoisotopic (exact) mass is 255 g/mol. The largest absolute Gasteiger partial charge is 0.338 e. The number of nitrogens with one attached hydrogen (secondary N) is 2. The van der Waals surface area contributed by atoms with Crippen molar-refractivity contribution in [3.8, 4) is 0 Å². The quantitative estimate of drug-likeness (QED) is 0.793. The molecule has 0 aromatic heterocycles. The molecule has 5 heteroatoms. The van der Waals surface area contributed by atoms with Gasteiger partial charge >= 0.3 is 6.03 Å². The average Bonchev–Trinajstić information content (AvgIpc) is 2.24. The first-order valence-electron chi connectivity index (χ1n) is 6.81. The second-order valence-electron chi connectivity index (χ2n) is 5.44. The molecule has 18 heavy (non-hydrogen) atoms. The summed E-state index contributed by atoms with van der Waals surface area (Å²) in [5.74, 6) is 1.02. The van der Waals surface area contributed by atoms with E-state index in [2.05, 4.69) is 29.4 Å². The minimum absolute atomic E-state index is 0.218. The van der Waals surface area contributed by atoms with E-state index in [1.54, 1.807) is 0 Å². The fraction of sp³-hybridized carbons (Fsp3) is 0.846. The summed E-state index contributed by atoms with van der Waals surface area (Å²) in [6.45, 7) is 9.16. The Labute approximate surface area is 109 Å². The molecular weight excluding hydrogens is 230 g/mol.